The zero-order valence-corrected chi connectivity index (χ0v) is 14.9. The minimum Gasteiger partial charge on any atom is -0.331 e. The largest absolute Gasteiger partial charge is 0.416 e. The summed E-state index contributed by atoms with van der Waals surface area (Å²) in [5.74, 6) is -0.307. The summed E-state index contributed by atoms with van der Waals surface area (Å²) in [6.45, 7) is -0.0827. The molecule has 1 aliphatic rings. The van der Waals surface area contributed by atoms with Gasteiger partial charge in [-0.05, 0) is 48.7 Å². The Morgan fingerprint density at radius 1 is 1.12 bits per heavy atom. The van der Waals surface area contributed by atoms with E-state index in [1.54, 1.807) is 36.6 Å². The molecule has 26 heavy (non-hydrogen) atoms. The molecule has 0 spiro atoms. The second kappa shape index (κ2) is 7.23. The Kier molecular flexibility index (Phi) is 5.18. The standard InChI is InChI=1S/C19H18F3NO2S/c1-26(25)16-10-6-13(7-11-16)18(24)23(15-8-9-15)12-14-4-2-3-5-17(14)19(20,21)22/h2-7,10-11,15H,8-9,12H2,1H3. The van der Waals surface area contributed by atoms with Crippen molar-refractivity contribution < 1.29 is 22.2 Å². The van der Waals surface area contributed by atoms with Gasteiger partial charge in [0.05, 0.1) is 5.56 Å². The Bertz CT molecular complexity index is 829. The number of nitrogens with zero attached hydrogens (tertiary/aromatic N) is 1. The lowest BCUT2D eigenvalue weighted by atomic mass is 10.1. The van der Waals surface area contributed by atoms with Gasteiger partial charge in [0.1, 0.15) is 0 Å². The highest BCUT2D eigenvalue weighted by Gasteiger charge is 2.37. The molecule has 2 aromatic carbocycles. The van der Waals surface area contributed by atoms with Gasteiger partial charge in [0.25, 0.3) is 5.91 Å². The molecule has 1 saturated carbocycles. The molecular weight excluding hydrogens is 363 g/mol. The van der Waals surface area contributed by atoms with E-state index in [1.165, 1.54) is 17.0 Å². The van der Waals surface area contributed by atoms with Gasteiger partial charge in [0.15, 0.2) is 0 Å². The summed E-state index contributed by atoms with van der Waals surface area (Å²) in [6, 6.07) is 11.7. The fourth-order valence-electron chi connectivity index (χ4n) is 2.83. The number of carbonyl (C=O) groups excluding carboxylic acids is 1. The third-order valence-corrected chi connectivity index (χ3v) is 5.28. The molecule has 138 valence electrons. The molecule has 7 heteroatoms. The molecule has 1 amide bonds. The van der Waals surface area contributed by atoms with Crippen molar-refractivity contribution in [1.29, 1.82) is 0 Å². The van der Waals surface area contributed by atoms with Crippen molar-refractivity contribution >= 4 is 16.7 Å². The van der Waals surface area contributed by atoms with E-state index in [9.17, 15) is 22.2 Å². The van der Waals surface area contributed by atoms with Gasteiger partial charge >= 0.3 is 6.18 Å². The number of alkyl halides is 3. The first-order valence-corrected chi connectivity index (χ1v) is 9.72. The van der Waals surface area contributed by atoms with Crippen LogP contribution in [0, 0.1) is 0 Å². The number of benzene rings is 2. The minimum absolute atomic E-state index is 0.0382. The first-order valence-electron chi connectivity index (χ1n) is 8.17. The van der Waals surface area contributed by atoms with E-state index in [1.807, 2.05) is 0 Å². The number of carbonyl (C=O) groups is 1. The smallest absolute Gasteiger partial charge is 0.331 e. The Balaban J connectivity index is 1.87. The van der Waals surface area contributed by atoms with Crippen LogP contribution in [0.15, 0.2) is 53.4 Å². The molecule has 2 aromatic rings. The zero-order valence-electron chi connectivity index (χ0n) is 14.1. The Hall–Kier alpha value is -2.15. The lowest BCUT2D eigenvalue weighted by molar-refractivity contribution is -0.138. The lowest BCUT2D eigenvalue weighted by Crippen LogP contribution is -2.33. The van der Waals surface area contributed by atoms with Gasteiger partial charge in [-0.3, -0.25) is 9.00 Å². The predicted molar refractivity (Wildman–Crippen MR) is 93.1 cm³/mol. The average Bonchev–Trinajstić information content (AvgIpc) is 3.43. The van der Waals surface area contributed by atoms with E-state index >= 15 is 0 Å². The Morgan fingerprint density at radius 3 is 2.27 bits per heavy atom. The van der Waals surface area contributed by atoms with Gasteiger partial charge in [0.2, 0.25) is 0 Å². The van der Waals surface area contributed by atoms with Crippen LogP contribution < -0.4 is 0 Å². The molecule has 0 N–H and O–H groups in total. The summed E-state index contributed by atoms with van der Waals surface area (Å²) in [4.78, 5) is 14.9. The third-order valence-electron chi connectivity index (χ3n) is 4.35. The van der Waals surface area contributed by atoms with Crippen LogP contribution in [-0.2, 0) is 23.5 Å². The fraction of sp³-hybridized carbons (Fsp3) is 0.316. The molecule has 0 aliphatic heterocycles. The van der Waals surface area contributed by atoms with Crippen molar-refractivity contribution in [1.82, 2.24) is 4.90 Å². The van der Waals surface area contributed by atoms with Gasteiger partial charge < -0.3 is 4.90 Å². The van der Waals surface area contributed by atoms with Gasteiger partial charge in [-0.25, -0.2) is 0 Å². The SMILES string of the molecule is CS(=O)c1ccc(C(=O)N(Cc2ccccc2C(F)(F)F)C2CC2)cc1. The van der Waals surface area contributed by atoms with Crippen molar-refractivity contribution in [3.05, 3.63) is 65.2 Å². The highest BCUT2D eigenvalue weighted by Crippen LogP contribution is 2.35. The van der Waals surface area contributed by atoms with E-state index in [4.69, 9.17) is 0 Å². The van der Waals surface area contributed by atoms with Gasteiger partial charge in [-0.1, -0.05) is 18.2 Å². The second-order valence-electron chi connectivity index (χ2n) is 6.30. The second-order valence-corrected chi connectivity index (χ2v) is 7.68. The summed E-state index contributed by atoms with van der Waals surface area (Å²) in [5, 5.41) is 0. The molecule has 0 radical (unpaired) electrons. The Labute approximate surface area is 152 Å². The maximum Gasteiger partial charge on any atom is 0.416 e. The van der Waals surface area contributed by atoms with Crippen LogP contribution >= 0.6 is 0 Å². The van der Waals surface area contributed by atoms with Crippen molar-refractivity contribution in [2.24, 2.45) is 0 Å². The molecular formula is C19H18F3NO2S. The maximum absolute atomic E-state index is 13.2. The predicted octanol–water partition coefficient (Wildman–Crippen LogP) is 4.25. The van der Waals surface area contributed by atoms with Crippen LogP contribution in [0.5, 0.6) is 0 Å². The molecule has 1 atom stereocenters. The van der Waals surface area contributed by atoms with E-state index in [2.05, 4.69) is 0 Å². The summed E-state index contributed by atoms with van der Waals surface area (Å²) in [7, 11) is -1.15. The summed E-state index contributed by atoms with van der Waals surface area (Å²) < 4.78 is 51.1. The molecule has 3 rings (SSSR count). The van der Waals surface area contributed by atoms with Crippen LogP contribution in [0.2, 0.25) is 0 Å². The highest BCUT2D eigenvalue weighted by atomic mass is 32.2. The maximum atomic E-state index is 13.2. The lowest BCUT2D eigenvalue weighted by Gasteiger charge is -2.24. The number of rotatable bonds is 5. The highest BCUT2D eigenvalue weighted by molar-refractivity contribution is 7.84. The number of hydrogen-bond acceptors (Lipinski definition) is 2. The third kappa shape index (κ3) is 4.15. The van der Waals surface area contributed by atoms with Crippen molar-refractivity contribution in [3.8, 4) is 0 Å². The van der Waals surface area contributed by atoms with Gasteiger partial charge in [-0.2, -0.15) is 13.2 Å². The van der Waals surface area contributed by atoms with Crippen LogP contribution in [-0.4, -0.2) is 27.3 Å². The first-order chi connectivity index (χ1) is 12.3. The van der Waals surface area contributed by atoms with Crippen LogP contribution in [0.4, 0.5) is 13.2 Å². The molecule has 1 unspecified atom stereocenters. The van der Waals surface area contributed by atoms with Crippen LogP contribution in [0.25, 0.3) is 0 Å². The summed E-state index contributed by atoms with van der Waals surface area (Å²) in [6.07, 6.45) is -1.34. The number of hydrogen-bond donors (Lipinski definition) is 0. The molecule has 0 aromatic heterocycles. The molecule has 3 nitrogen and oxygen atoms in total. The van der Waals surface area contributed by atoms with E-state index in [0.717, 1.165) is 18.9 Å². The molecule has 0 bridgehead atoms. The Morgan fingerprint density at radius 2 is 1.73 bits per heavy atom. The van der Waals surface area contributed by atoms with Crippen LogP contribution in [0.1, 0.15) is 34.3 Å². The fourth-order valence-corrected chi connectivity index (χ4v) is 3.35. The number of halogens is 3. The zero-order chi connectivity index (χ0) is 18.9. The average molecular weight is 381 g/mol. The molecule has 1 fully saturated rings. The van der Waals surface area contributed by atoms with Crippen molar-refractivity contribution in [2.75, 3.05) is 6.26 Å². The molecule has 1 aliphatic carbocycles. The quantitative estimate of drug-likeness (QED) is 0.777. The van der Waals surface area contributed by atoms with Crippen LogP contribution in [0.3, 0.4) is 0 Å². The van der Waals surface area contributed by atoms with Crippen molar-refractivity contribution in [2.45, 2.75) is 36.5 Å². The summed E-state index contributed by atoms with van der Waals surface area (Å²) >= 11 is 0. The van der Waals surface area contributed by atoms with Gasteiger partial charge in [0, 0.05) is 40.1 Å². The first kappa shape index (κ1) is 18.6. The topological polar surface area (TPSA) is 37.4 Å². The van der Waals surface area contributed by atoms with E-state index in [-0.39, 0.29) is 24.1 Å². The molecule has 0 heterocycles. The van der Waals surface area contributed by atoms with Crippen molar-refractivity contribution in [3.63, 3.8) is 0 Å². The minimum atomic E-state index is -4.46. The van der Waals surface area contributed by atoms with E-state index in [0.29, 0.717) is 10.5 Å². The normalized spacial score (nSPS) is 15.5. The number of amides is 1. The van der Waals surface area contributed by atoms with E-state index < -0.39 is 22.5 Å². The summed E-state index contributed by atoms with van der Waals surface area (Å²) in [5.41, 5.74) is -0.239. The molecule has 0 saturated heterocycles. The monoisotopic (exact) mass is 381 g/mol. The van der Waals surface area contributed by atoms with Gasteiger partial charge in [-0.15, -0.1) is 0 Å².